The maximum absolute atomic E-state index is 10.8. The molecule has 2 nitrogen and oxygen atoms in total. The second-order valence-corrected chi connectivity index (χ2v) is 4.59. The van der Waals surface area contributed by atoms with E-state index in [1.807, 2.05) is 12.1 Å². The van der Waals surface area contributed by atoms with Gasteiger partial charge in [0.2, 0.25) is 0 Å². The summed E-state index contributed by atoms with van der Waals surface area (Å²) in [6, 6.07) is 3.70. The molecule has 0 bridgehead atoms. The second kappa shape index (κ2) is 2.83. The van der Waals surface area contributed by atoms with Crippen molar-refractivity contribution in [1.82, 2.24) is 0 Å². The van der Waals surface area contributed by atoms with Gasteiger partial charge in [-0.2, -0.15) is 0 Å². The fourth-order valence-corrected chi connectivity index (χ4v) is 2.34. The SMILES string of the molecule is O=CC1(c2ccc(Cl)s2)COC1. The Balaban J connectivity index is 2.33. The highest BCUT2D eigenvalue weighted by molar-refractivity contribution is 7.16. The van der Waals surface area contributed by atoms with Gasteiger partial charge in [0, 0.05) is 4.88 Å². The molecule has 0 radical (unpaired) electrons. The van der Waals surface area contributed by atoms with Crippen LogP contribution in [-0.2, 0) is 14.9 Å². The molecule has 0 unspecified atom stereocenters. The van der Waals surface area contributed by atoms with E-state index in [0.717, 1.165) is 15.5 Å². The molecule has 0 atom stereocenters. The smallest absolute Gasteiger partial charge is 0.136 e. The highest BCUT2D eigenvalue weighted by atomic mass is 35.5. The molecule has 0 N–H and O–H groups in total. The third-order valence-corrected chi connectivity index (χ3v) is 3.46. The van der Waals surface area contributed by atoms with E-state index in [-0.39, 0.29) is 0 Å². The number of hydrogen-bond acceptors (Lipinski definition) is 3. The van der Waals surface area contributed by atoms with Crippen LogP contribution in [0.1, 0.15) is 4.88 Å². The van der Waals surface area contributed by atoms with Crippen LogP contribution in [0.25, 0.3) is 0 Å². The molecule has 1 fully saturated rings. The lowest BCUT2D eigenvalue weighted by Gasteiger charge is -2.35. The van der Waals surface area contributed by atoms with Crippen LogP contribution in [0.3, 0.4) is 0 Å². The van der Waals surface area contributed by atoms with Gasteiger partial charge in [0.25, 0.3) is 0 Å². The van der Waals surface area contributed by atoms with E-state index < -0.39 is 5.41 Å². The first-order valence-electron chi connectivity index (χ1n) is 3.57. The number of halogens is 1. The number of thiophene rings is 1. The Morgan fingerprint density at radius 2 is 2.33 bits per heavy atom. The molecule has 0 aromatic carbocycles. The van der Waals surface area contributed by atoms with E-state index in [1.165, 1.54) is 11.3 Å². The molecule has 1 aliphatic heterocycles. The van der Waals surface area contributed by atoms with Gasteiger partial charge < -0.3 is 9.53 Å². The van der Waals surface area contributed by atoms with Crippen LogP contribution in [0.4, 0.5) is 0 Å². The minimum absolute atomic E-state index is 0.391. The number of rotatable bonds is 2. The van der Waals surface area contributed by atoms with Crippen molar-refractivity contribution in [2.45, 2.75) is 5.41 Å². The van der Waals surface area contributed by atoms with Gasteiger partial charge in [-0.15, -0.1) is 11.3 Å². The molecular weight excluding hydrogens is 196 g/mol. The Hall–Kier alpha value is -0.380. The summed E-state index contributed by atoms with van der Waals surface area (Å²) in [6.07, 6.45) is 0.957. The largest absolute Gasteiger partial charge is 0.378 e. The Bertz CT molecular complexity index is 304. The highest BCUT2D eigenvalue weighted by Gasteiger charge is 2.41. The molecule has 0 amide bonds. The molecule has 1 saturated heterocycles. The van der Waals surface area contributed by atoms with E-state index in [0.29, 0.717) is 13.2 Å². The molecule has 0 aliphatic carbocycles. The monoisotopic (exact) mass is 202 g/mol. The van der Waals surface area contributed by atoms with Gasteiger partial charge in [-0.1, -0.05) is 11.6 Å². The zero-order valence-electron chi connectivity index (χ0n) is 6.25. The van der Waals surface area contributed by atoms with Crippen molar-refractivity contribution in [3.63, 3.8) is 0 Å². The van der Waals surface area contributed by atoms with Crippen LogP contribution < -0.4 is 0 Å². The maximum atomic E-state index is 10.8. The number of ether oxygens (including phenoxy) is 1. The molecule has 1 aromatic heterocycles. The lowest BCUT2D eigenvalue weighted by Crippen LogP contribution is -2.47. The fraction of sp³-hybridized carbons (Fsp3) is 0.375. The van der Waals surface area contributed by atoms with E-state index >= 15 is 0 Å². The van der Waals surface area contributed by atoms with E-state index in [9.17, 15) is 4.79 Å². The average Bonchev–Trinajstić information content (AvgIpc) is 2.35. The summed E-state index contributed by atoms with van der Waals surface area (Å²) in [4.78, 5) is 11.8. The van der Waals surface area contributed by atoms with Gasteiger partial charge in [0.1, 0.15) is 11.7 Å². The third kappa shape index (κ3) is 1.09. The normalized spacial score (nSPS) is 20.1. The zero-order valence-corrected chi connectivity index (χ0v) is 7.82. The molecule has 12 heavy (non-hydrogen) atoms. The lowest BCUT2D eigenvalue weighted by molar-refractivity contribution is -0.129. The van der Waals surface area contributed by atoms with E-state index in [4.69, 9.17) is 16.3 Å². The molecular formula is C8H7ClO2S. The van der Waals surface area contributed by atoms with Crippen molar-refractivity contribution in [1.29, 1.82) is 0 Å². The van der Waals surface area contributed by atoms with Gasteiger partial charge in [-0.3, -0.25) is 0 Å². The summed E-state index contributed by atoms with van der Waals surface area (Å²) in [5, 5.41) is 0. The first kappa shape index (κ1) is 8.23. The van der Waals surface area contributed by atoms with Crippen molar-refractivity contribution in [2.24, 2.45) is 0 Å². The van der Waals surface area contributed by atoms with Crippen LogP contribution in [0.5, 0.6) is 0 Å². The molecule has 0 saturated carbocycles. The Labute approximate surface area is 79.1 Å². The van der Waals surface area contributed by atoms with Gasteiger partial charge in [0.05, 0.1) is 17.6 Å². The van der Waals surface area contributed by atoms with Gasteiger partial charge in [0.15, 0.2) is 0 Å². The van der Waals surface area contributed by atoms with Crippen molar-refractivity contribution in [3.8, 4) is 0 Å². The summed E-state index contributed by atoms with van der Waals surface area (Å²) < 4.78 is 5.75. The summed E-state index contributed by atoms with van der Waals surface area (Å²) in [7, 11) is 0. The molecule has 64 valence electrons. The molecule has 1 aromatic rings. The van der Waals surface area contributed by atoms with Gasteiger partial charge in [-0.05, 0) is 12.1 Å². The Morgan fingerprint density at radius 1 is 1.58 bits per heavy atom. The quantitative estimate of drug-likeness (QED) is 0.685. The molecule has 0 spiro atoms. The van der Waals surface area contributed by atoms with Crippen LogP contribution in [0.2, 0.25) is 4.34 Å². The van der Waals surface area contributed by atoms with Crippen molar-refractivity contribution < 1.29 is 9.53 Å². The standard InChI is InChI=1S/C8H7ClO2S/c9-7-2-1-6(12-7)8(3-10)4-11-5-8/h1-3H,4-5H2. The van der Waals surface area contributed by atoms with Gasteiger partial charge >= 0.3 is 0 Å². The fourth-order valence-electron chi connectivity index (χ4n) is 1.17. The third-order valence-electron chi connectivity index (χ3n) is 2.01. The lowest BCUT2D eigenvalue weighted by atomic mass is 9.86. The van der Waals surface area contributed by atoms with Crippen LogP contribution in [-0.4, -0.2) is 19.5 Å². The molecule has 2 heterocycles. The first-order valence-corrected chi connectivity index (χ1v) is 4.76. The average molecular weight is 203 g/mol. The highest BCUT2D eigenvalue weighted by Crippen LogP contribution is 2.36. The van der Waals surface area contributed by atoms with Crippen molar-refractivity contribution in [2.75, 3.05) is 13.2 Å². The minimum atomic E-state index is -0.391. The summed E-state index contributed by atoms with van der Waals surface area (Å²) in [6.45, 7) is 0.987. The van der Waals surface area contributed by atoms with Crippen LogP contribution in [0.15, 0.2) is 12.1 Å². The number of carbonyl (C=O) groups excluding carboxylic acids is 1. The number of hydrogen-bond donors (Lipinski definition) is 0. The summed E-state index contributed by atoms with van der Waals surface area (Å²) in [5.74, 6) is 0. The number of carbonyl (C=O) groups is 1. The Morgan fingerprint density at radius 3 is 2.67 bits per heavy atom. The zero-order chi connectivity index (χ0) is 8.60. The van der Waals surface area contributed by atoms with Crippen LogP contribution >= 0.6 is 22.9 Å². The minimum Gasteiger partial charge on any atom is -0.378 e. The van der Waals surface area contributed by atoms with Crippen molar-refractivity contribution >= 4 is 29.2 Å². The van der Waals surface area contributed by atoms with Crippen LogP contribution in [0, 0.1) is 0 Å². The summed E-state index contributed by atoms with van der Waals surface area (Å²) >= 11 is 7.22. The number of aldehydes is 1. The van der Waals surface area contributed by atoms with Crippen molar-refractivity contribution in [3.05, 3.63) is 21.3 Å². The predicted octanol–water partition coefficient (Wildman–Crippen LogP) is 1.87. The molecule has 2 rings (SSSR count). The molecule has 1 aliphatic rings. The summed E-state index contributed by atoms with van der Waals surface area (Å²) in [5.41, 5.74) is -0.391. The second-order valence-electron chi connectivity index (χ2n) is 2.87. The topological polar surface area (TPSA) is 26.3 Å². The van der Waals surface area contributed by atoms with Gasteiger partial charge in [-0.25, -0.2) is 0 Å². The maximum Gasteiger partial charge on any atom is 0.136 e. The van der Waals surface area contributed by atoms with E-state index in [1.54, 1.807) is 0 Å². The molecule has 4 heteroatoms. The van der Waals surface area contributed by atoms with E-state index in [2.05, 4.69) is 0 Å². The Kier molecular flexibility index (Phi) is 1.94. The first-order chi connectivity index (χ1) is 5.77. The predicted molar refractivity (Wildman–Crippen MR) is 47.9 cm³/mol.